The highest BCUT2D eigenvalue weighted by atomic mass is 32.1. The van der Waals surface area contributed by atoms with Crippen molar-refractivity contribution in [2.75, 3.05) is 5.32 Å². The minimum Gasteiger partial charge on any atom is -0.477 e. The van der Waals surface area contributed by atoms with Crippen molar-refractivity contribution in [3.63, 3.8) is 0 Å². The molecule has 106 valence electrons. The van der Waals surface area contributed by atoms with Crippen LogP contribution in [0.15, 0.2) is 6.07 Å². The van der Waals surface area contributed by atoms with Crippen LogP contribution in [0, 0.1) is 6.92 Å². The molecule has 0 saturated heterocycles. The summed E-state index contributed by atoms with van der Waals surface area (Å²) in [5.74, 6) is -0.975. The Morgan fingerprint density at radius 3 is 2.53 bits per heavy atom. The van der Waals surface area contributed by atoms with Gasteiger partial charge in [0, 0.05) is 6.42 Å². The van der Waals surface area contributed by atoms with E-state index in [9.17, 15) is 9.59 Å². The summed E-state index contributed by atoms with van der Waals surface area (Å²) in [6, 6.07) is 1.71. The van der Waals surface area contributed by atoms with Gasteiger partial charge in [0.25, 0.3) is 0 Å². The molecule has 1 heterocycles. The number of hydrogen-bond donors (Lipinski definition) is 2. The van der Waals surface area contributed by atoms with E-state index < -0.39 is 5.97 Å². The van der Waals surface area contributed by atoms with Gasteiger partial charge in [-0.05, 0) is 25.0 Å². The number of hydrogen-bond acceptors (Lipinski definition) is 3. The predicted molar refractivity (Wildman–Crippen MR) is 78.0 cm³/mol. The van der Waals surface area contributed by atoms with Gasteiger partial charge in [0.15, 0.2) is 0 Å². The summed E-state index contributed by atoms with van der Waals surface area (Å²) in [7, 11) is 0. The Kier molecular flexibility index (Phi) is 6.56. The van der Waals surface area contributed by atoms with E-state index in [1.165, 1.54) is 19.3 Å². The summed E-state index contributed by atoms with van der Waals surface area (Å²) in [5, 5.41) is 12.3. The van der Waals surface area contributed by atoms with Crippen molar-refractivity contribution in [2.45, 2.75) is 52.4 Å². The lowest BCUT2D eigenvalue weighted by Gasteiger charge is -2.02. The number of thiophene rings is 1. The first-order valence-corrected chi connectivity index (χ1v) is 7.49. The molecule has 0 fully saturated rings. The lowest BCUT2D eigenvalue weighted by molar-refractivity contribution is -0.116. The zero-order chi connectivity index (χ0) is 14.3. The molecule has 0 aromatic carbocycles. The standard InChI is InChI=1S/C14H21NO3S/c1-3-4-5-6-7-8-11(16)15-12-9-10(2)13(19-12)14(17)18/h9H,3-8H2,1-2H3,(H,15,16)(H,17,18). The van der Waals surface area contributed by atoms with E-state index in [-0.39, 0.29) is 5.91 Å². The molecule has 5 heteroatoms. The summed E-state index contributed by atoms with van der Waals surface area (Å²) in [6.45, 7) is 3.90. The topological polar surface area (TPSA) is 66.4 Å². The number of carbonyl (C=O) groups is 2. The first-order valence-electron chi connectivity index (χ1n) is 6.68. The summed E-state index contributed by atoms with van der Waals surface area (Å²) < 4.78 is 0. The van der Waals surface area contributed by atoms with Crippen LogP contribution < -0.4 is 5.32 Å². The molecule has 0 aliphatic heterocycles. The Balaban J connectivity index is 2.36. The highest BCUT2D eigenvalue weighted by molar-refractivity contribution is 7.18. The van der Waals surface area contributed by atoms with Gasteiger partial charge in [0.05, 0.1) is 5.00 Å². The fourth-order valence-electron chi connectivity index (χ4n) is 1.85. The van der Waals surface area contributed by atoms with Crippen LogP contribution in [-0.2, 0) is 4.79 Å². The Morgan fingerprint density at radius 1 is 1.26 bits per heavy atom. The van der Waals surface area contributed by atoms with Crippen LogP contribution in [0.4, 0.5) is 5.00 Å². The van der Waals surface area contributed by atoms with Crippen LogP contribution in [0.3, 0.4) is 0 Å². The molecule has 0 radical (unpaired) electrons. The largest absolute Gasteiger partial charge is 0.477 e. The van der Waals surface area contributed by atoms with Gasteiger partial charge in [-0.25, -0.2) is 4.79 Å². The van der Waals surface area contributed by atoms with Gasteiger partial charge >= 0.3 is 5.97 Å². The van der Waals surface area contributed by atoms with Crippen molar-refractivity contribution in [1.82, 2.24) is 0 Å². The van der Waals surface area contributed by atoms with Gasteiger partial charge < -0.3 is 10.4 Å². The molecule has 0 spiro atoms. The minimum absolute atomic E-state index is 0.0327. The summed E-state index contributed by atoms with van der Waals surface area (Å²) in [5.41, 5.74) is 0.691. The average molecular weight is 283 g/mol. The second kappa shape index (κ2) is 7.94. The number of carbonyl (C=O) groups excluding carboxylic acids is 1. The van der Waals surface area contributed by atoms with Gasteiger partial charge in [0.2, 0.25) is 5.91 Å². The maximum Gasteiger partial charge on any atom is 0.346 e. The van der Waals surface area contributed by atoms with Crippen molar-refractivity contribution < 1.29 is 14.7 Å². The number of carboxylic acids is 1. The molecule has 1 rings (SSSR count). The predicted octanol–water partition coefficient (Wildman–Crippen LogP) is 4.05. The molecule has 2 N–H and O–H groups in total. The SMILES string of the molecule is CCCCCCCC(=O)Nc1cc(C)c(C(=O)O)s1. The highest BCUT2D eigenvalue weighted by Crippen LogP contribution is 2.26. The lowest BCUT2D eigenvalue weighted by atomic mass is 10.1. The molecule has 0 atom stereocenters. The molecular weight excluding hydrogens is 262 g/mol. The molecule has 0 unspecified atom stereocenters. The van der Waals surface area contributed by atoms with Gasteiger partial charge in [-0.2, -0.15) is 0 Å². The number of rotatable bonds is 8. The second-order valence-electron chi connectivity index (χ2n) is 4.64. The van der Waals surface area contributed by atoms with Gasteiger partial charge in [0.1, 0.15) is 4.88 Å². The number of aromatic carboxylic acids is 1. The third-order valence-electron chi connectivity index (χ3n) is 2.88. The van der Waals surface area contributed by atoms with E-state index in [2.05, 4.69) is 12.2 Å². The van der Waals surface area contributed by atoms with E-state index in [0.29, 0.717) is 21.9 Å². The van der Waals surface area contributed by atoms with Crippen LogP contribution >= 0.6 is 11.3 Å². The maximum atomic E-state index is 11.7. The molecule has 1 amide bonds. The molecular formula is C14H21NO3S. The zero-order valence-electron chi connectivity index (χ0n) is 11.5. The van der Waals surface area contributed by atoms with Gasteiger partial charge in [-0.15, -0.1) is 11.3 Å². The minimum atomic E-state index is -0.942. The van der Waals surface area contributed by atoms with Crippen molar-refractivity contribution in [1.29, 1.82) is 0 Å². The average Bonchev–Trinajstić information content (AvgIpc) is 2.70. The monoisotopic (exact) mass is 283 g/mol. The molecule has 19 heavy (non-hydrogen) atoms. The van der Waals surface area contributed by atoms with Crippen molar-refractivity contribution in [3.8, 4) is 0 Å². The fourth-order valence-corrected chi connectivity index (χ4v) is 2.77. The van der Waals surface area contributed by atoms with E-state index in [1.54, 1.807) is 13.0 Å². The van der Waals surface area contributed by atoms with Crippen molar-refractivity contribution >= 4 is 28.2 Å². The van der Waals surface area contributed by atoms with E-state index >= 15 is 0 Å². The number of anilines is 1. The first kappa shape index (κ1) is 15.7. The number of aryl methyl sites for hydroxylation is 1. The van der Waals surface area contributed by atoms with Crippen LogP contribution in [0.25, 0.3) is 0 Å². The van der Waals surface area contributed by atoms with Crippen LogP contribution in [0.2, 0.25) is 0 Å². The van der Waals surface area contributed by atoms with E-state index in [1.807, 2.05) is 0 Å². The lowest BCUT2D eigenvalue weighted by Crippen LogP contribution is -2.09. The molecule has 0 aliphatic carbocycles. The Labute approximate surface area is 117 Å². The highest BCUT2D eigenvalue weighted by Gasteiger charge is 2.13. The smallest absolute Gasteiger partial charge is 0.346 e. The van der Waals surface area contributed by atoms with Crippen LogP contribution in [-0.4, -0.2) is 17.0 Å². The number of unbranched alkanes of at least 4 members (excludes halogenated alkanes) is 4. The molecule has 0 saturated carbocycles. The van der Waals surface area contributed by atoms with Crippen molar-refractivity contribution in [2.24, 2.45) is 0 Å². The number of nitrogens with one attached hydrogen (secondary N) is 1. The quantitative estimate of drug-likeness (QED) is 0.707. The fraction of sp³-hybridized carbons (Fsp3) is 0.571. The Bertz CT molecular complexity index is 440. The van der Waals surface area contributed by atoms with Crippen LogP contribution in [0.1, 0.15) is 60.7 Å². The zero-order valence-corrected chi connectivity index (χ0v) is 12.3. The summed E-state index contributed by atoms with van der Waals surface area (Å²) >= 11 is 1.11. The Hall–Kier alpha value is -1.36. The van der Waals surface area contributed by atoms with Crippen LogP contribution in [0.5, 0.6) is 0 Å². The van der Waals surface area contributed by atoms with E-state index in [4.69, 9.17) is 5.11 Å². The summed E-state index contributed by atoms with van der Waals surface area (Å²) in [6.07, 6.45) is 6.05. The normalized spacial score (nSPS) is 10.4. The van der Waals surface area contributed by atoms with Gasteiger partial charge in [-0.1, -0.05) is 32.6 Å². The number of amides is 1. The Morgan fingerprint density at radius 2 is 1.95 bits per heavy atom. The molecule has 0 bridgehead atoms. The summed E-state index contributed by atoms with van der Waals surface area (Å²) in [4.78, 5) is 22.9. The molecule has 1 aromatic rings. The molecule has 4 nitrogen and oxygen atoms in total. The van der Waals surface area contributed by atoms with E-state index in [0.717, 1.165) is 24.2 Å². The first-order chi connectivity index (χ1) is 9.04. The van der Waals surface area contributed by atoms with Gasteiger partial charge in [-0.3, -0.25) is 4.79 Å². The van der Waals surface area contributed by atoms with Crippen molar-refractivity contribution in [3.05, 3.63) is 16.5 Å². The number of carboxylic acid groups (broad SMARTS) is 1. The molecule has 0 aliphatic rings. The maximum absolute atomic E-state index is 11.7. The second-order valence-corrected chi connectivity index (χ2v) is 5.69. The third kappa shape index (κ3) is 5.42. The third-order valence-corrected chi connectivity index (χ3v) is 4.02. The molecule has 1 aromatic heterocycles.